The van der Waals surface area contributed by atoms with Crippen molar-refractivity contribution in [2.24, 2.45) is 5.92 Å². The molecule has 0 saturated heterocycles. The van der Waals surface area contributed by atoms with Gasteiger partial charge in [-0.15, -0.1) is 0 Å². The lowest BCUT2D eigenvalue weighted by atomic mass is 10.1. The summed E-state index contributed by atoms with van der Waals surface area (Å²) in [5.41, 5.74) is -1.14. The van der Waals surface area contributed by atoms with Gasteiger partial charge in [0.05, 0.1) is 11.3 Å². The molecule has 130 valence electrons. The van der Waals surface area contributed by atoms with Crippen molar-refractivity contribution in [2.75, 3.05) is 11.9 Å². The van der Waals surface area contributed by atoms with Gasteiger partial charge in [0.1, 0.15) is 5.82 Å². The number of anilines is 1. The molecule has 1 heterocycles. The van der Waals surface area contributed by atoms with Crippen LogP contribution >= 0.6 is 0 Å². The zero-order valence-corrected chi connectivity index (χ0v) is 13.4. The molecule has 5 nitrogen and oxygen atoms in total. The number of urea groups is 1. The average Bonchev–Trinajstić information content (AvgIpc) is 2.90. The molecule has 0 radical (unpaired) electrons. The highest BCUT2D eigenvalue weighted by atomic mass is 19.4. The molecule has 24 heavy (non-hydrogen) atoms. The molecule has 2 aromatic rings. The lowest BCUT2D eigenvalue weighted by Crippen LogP contribution is -2.34. The smallest absolute Gasteiger partial charge is 0.338 e. The van der Waals surface area contributed by atoms with Gasteiger partial charge in [0.2, 0.25) is 0 Å². The van der Waals surface area contributed by atoms with Crippen molar-refractivity contribution in [3.05, 3.63) is 48.0 Å². The number of carbonyl (C=O) groups excluding carboxylic acids is 1. The van der Waals surface area contributed by atoms with Crippen LogP contribution in [-0.4, -0.2) is 22.1 Å². The van der Waals surface area contributed by atoms with E-state index in [0.29, 0.717) is 13.1 Å². The fraction of sp³-hybridized carbons (Fsp3) is 0.375. The van der Waals surface area contributed by atoms with Crippen molar-refractivity contribution in [2.45, 2.75) is 26.6 Å². The van der Waals surface area contributed by atoms with Gasteiger partial charge in [0.25, 0.3) is 0 Å². The van der Waals surface area contributed by atoms with E-state index in [1.165, 1.54) is 18.2 Å². The number of carbonyl (C=O) groups is 1. The first kappa shape index (κ1) is 17.8. The molecule has 0 bridgehead atoms. The van der Waals surface area contributed by atoms with Crippen LogP contribution < -0.4 is 10.6 Å². The fourth-order valence-corrected chi connectivity index (χ4v) is 2.27. The van der Waals surface area contributed by atoms with Crippen LogP contribution in [-0.2, 0) is 12.7 Å². The van der Waals surface area contributed by atoms with Crippen molar-refractivity contribution < 1.29 is 18.0 Å². The Labute approximate surface area is 137 Å². The summed E-state index contributed by atoms with van der Waals surface area (Å²) in [4.78, 5) is 16.0. The Bertz CT molecular complexity index is 697. The molecule has 0 aliphatic carbocycles. The predicted octanol–water partition coefficient (Wildman–Crippen LogP) is 3.67. The Hall–Kier alpha value is -2.51. The third kappa shape index (κ3) is 4.74. The van der Waals surface area contributed by atoms with Crippen molar-refractivity contribution in [1.82, 2.24) is 14.9 Å². The molecule has 2 N–H and O–H groups in total. The van der Waals surface area contributed by atoms with E-state index in [2.05, 4.69) is 15.6 Å². The Kier molecular flexibility index (Phi) is 5.48. The molecular formula is C16H19F3N4O. The summed E-state index contributed by atoms with van der Waals surface area (Å²) in [5, 5.41) is 4.84. The highest BCUT2D eigenvalue weighted by Crippen LogP contribution is 2.34. The molecule has 1 aromatic heterocycles. The van der Waals surface area contributed by atoms with Crippen LogP contribution in [0.15, 0.2) is 36.7 Å². The number of benzene rings is 1. The molecule has 1 atom stereocenters. The van der Waals surface area contributed by atoms with E-state index in [1.807, 2.05) is 24.6 Å². The van der Waals surface area contributed by atoms with Gasteiger partial charge in [-0.3, -0.25) is 0 Å². The normalized spacial score (nSPS) is 12.7. The van der Waals surface area contributed by atoms with Crippen LogP contribution in [0.4, 0.5) is 23.7 Å². The number of rotatable bonds is 5. The monoisotopic (exact) mass is 340 g/mol. The van der Waals surface area contributed by atoms with Crippen LogP contribution in [0.1, 0.15) is 18.3 Å². The van der Waals surface area contributed by atoms with E-state index in [9.17, 15) is 18.0 Å². The zero-order valence-electron chi connectivity index (χ0n) is 13.4. The van der Waals surface area contributed by atoms with Gasteiger partial charge in [-0.1, -0.05) is 19.1 Å². The number of para-hydroxylation sites is 1. The number of nitrogens with one attached hydrogen (secondary N) is 2. The molecule has 1 aromatic carbocycles. The Morgan fingerprint density at radius 1 is 1.33 bits per heavy atom. The number of nitrogens with zero attached hydrogens (tertiary/aromatic N) is 2. The van der Waals surface area contributed by atoms with Gasteiger partial charge in [0, 0.05) is 25.5 Å². The highest BCUT2D eigenvalue weighted by molar-refractivity contribution is 5.90. The summed E-state index contributed by atoms with van der Waals surface area (Å²) in [6, 6.07) is 4.21. The zero-order chi connectivity index (χ0) is 17.7. The molecule has 2 amide bonds. The minimum Gasteiger partial charge on any atom is -0.338 e. The van der Waals surface area contributed by atoms with E-state index < -0.39 is 17.8 Å². The maximum atomic E-state index is 12.9. The van der Waals surface area contributed by atoms with Crippen LogP contribution in [0, 0.1) is 12.8 Å². The van der Waals surface area contributed by atoms with E-state index in [-0.39, 0.29) is 11.6 Å². The van der Waals surface area contributed by atoms with Crippen molar-refractivity contribution >= 4 is 11.7 Å². The third-order valence-electron chi connectivity index (χ3n) is 3.52. The molecular weight excluding hydrogens is 321 g/mol. The van der Waals surface area contributed by atoms with Crippen LogP contribution in [0.3, 0.4) is 0 Å². The standard InChI is InChI=1S/C16H19F3N4O/c1-11(10-23-8-7-20-12(23)2)9-21-15(24)22-14-6-4-3-5-13(14)16(17,18)19/h3-8,11H,9-10H2,1-2H3,(H2,21,22,24). The van der Waals surface area contributed by atoms with E-state index in [0.717, 1.165) is 11.9 Å². The quantitative estimate of drug-likeness (QED) is 0.872. The van der Waals surface area contributed by atoms with E-state index in [4.69, 9.17) is 0 Å². The number of aryl methyl sites for hydroxylation is 1. The van der Waals surface area contributed by atoms with Crippen molar-refractivity contribution in [3.8, 4) is 0 Å². The SMILES string of the molecule is Cc1nccn1CC(C)CNC(=O)Nc1ccccc1C(F)(F)F. The number of amides is 2. The Morgan fingerprint density at radius 3 is 2.67 bits per heavy atom. The molecule has 8 heteroatoms. The number of halogens is 3. The molecule has 0 fully saturated rings. The summed E-state index contributed by atoms with van der Waals surface area (Å²) in [6.07, 6.45) is -0.988. The molecule has 0 aliphatic heterocycles. The molecule has 0 saturated carbocycles. The molecule has 1 unspecified atom stereocenters. The first-order valence-corrected chi connectivity index (χ1v) is 7.46. The van der Waals surface area contributed by atoms with Gasteiger partial charge in [-0.05, 0) is 25.0 Å². The largest absolute Gasteiger partial charge is 0.418 e. The Balaban J connectivity index is 1.89. The number of alkyl halides is 3. The number of hydrogen-bond acceptors (Lipinski definition) is 2. The maximum Gasteiger partial charge on any atom is 0.418 e. The summed E-state index contributed by atoms with van der Waals surface area (Å²) in [5.74, 6) is 0.965. The molecule has 2 rings (SSSR count). The van der Waals surface area contributed by atoms with Gasteiger partial charge < -0.3 is 15.2 Å². The third-order valence-corrected chi connectivity index (χ3v) is 3.52. The van der Waals surface area contributed by atoms with E-state index >= 15 is 0 Å². The van der Waals surface area contributed by atoms with Crippen LogP contribution in [0.2, 0.25) is 0 Å². The molecule has 0 spiro atoms. The minimum atomic E-state index is -4.52. The first-order valence-electron chi connectivity index (χ1n) is 7.46. The van der Waals surface area contributed by atoms with Gasteiger partial charge >= 0.3 is 12.2 Å². The first-order chi connectivity index (χ1) is 11.3. The lowest BCUT2D eigenvalue weighted by molar-refractivity contribution is -0.136. The summed E-state index contributed by atoms with van der Waals surface area (Å²) in [7, 11) is 0. The highest BCUT2D eigenvalue weighted by Gasteiger charge is 2.33. The summed E-state index contributed by atoms with van der Waals surface area (Å²) >= 11 is 0. The number of aromatic nitrogens is 2. The maximum absolute atomic E-state index is 12.9. The lowest BCUT2D eigenvalue weighted by Gasteiger charge is -2.16. The van der Waals surface area contributed by atoms with Gasteiger partial charge in [-0.25, -0.2) is 9.78 Å². The van der Waals surface area contributed by atoms with Crippen LogP contribution in [0.5, 0.6) is 0 Å². The van der Waals surface area contributed by atoms with E-state index in [1.54, 1.807) is 6.20 Å². The molecule has 0 aliphatic rings. The topological polar surface area (TPSA) is 59.0 Å². The van der Waals surface area contributed by atoms with Gasteiger partial charge in [0.15, 0.2) is 0 Å². The second kappa shape index (κ2) is 7.37. The fourth-order valence-electron chi connectivity index (χ4n) is 2.27. The van der Waals surface area contributed by atoms with Crippen molar-refractivity contribution in [3.63, 3.8) is 0 Å². The van der Waals surface area contributed by atoms with Crippen LogP contribution in [0.25, 0.3) is 0 Å². The van der Waals surface area contributed by atoms with Crippen molar-refractivity contribution in [1.29, 1.82) is 0 Å². The number of imidazole rings is 1. The second-order valence-electron chi connectivity index (χ2n) is 5.61. The summed E-state index contributed by atoms with van der Waals surface area (Å²) < 4.78 is 40.6. The average molecular weight is 340 g/mol. The number of hydrogen-bond donors (Lipinski definition) is 2. The van der Waals surface area contributed by atoms with Gasteiger partial charge in [-0.2, -0.15) is 13.2 Å². The summed E-state index contributed by atoms with van der Waals surface area (Å²) in [6.45, 7) is 4.80. The second-order valence-corrected chi connectivity index (χ2v) is 5.61. The minimum absolute atomic E-state index is 0.0986. The Morgan fingerprint density at radius 2 is 2.04 bits per heavy atom. The predicted molar refractivity (Wildman–Crippen MR) is 84.6 cm³/mol.